The number of benzene rings is 1. The van der Waals surface area contributed by atoms with Gasteiger partial charge in [-0.05, 0) is 67.4 Å². The van der Waals surface area contributed by atoms with Crippen molar-refractivity contribution in [3.05, 3.63) is 35.6 Å². The van der Waals surface area contributed by atoms with Crippen molar-refractivity contribution in [3.8, 4) is 0 Å². The monoisotopic (exact) mass is 260 g/mol. The second-order valence-corrected chi connectivity index (χ2v) is 7.06. The van der Waals surface area contributed by atoms with E-state index in [1.807, 2.05) is 12.1 Å². The number of aliphatic hydroxyl groups is 1. The minimum absolute atomic E-state index is 0.162. The lowest BCUT2D eigenvalue weighted by Crippen LogP contribution is -2.58. The van der Waals surface area contributed by atoms with E-state index < -0.39 is 5.60 Å². The molecule has 0 radical (unpaired) electrons. The van der Waals surface area contributed by atoms with E-state index in [1.165, 1.54) is 12.5 Å². The predicted octanol–water partition coefficient (Wildman–Crippen LogP) is 3.56. The Balaban J connectivity index is 1.65. The highest BCUT2D eigenvalue weighted by molar-refractivity contribution is 5.22. The third-order valence-electron chi connectivity index (χ3n) is 5.98. The Kier molecular flexibility index (Phi) is 2.54. The highest BCUT2D eigenvalue weighted by Crippen LogP contribution is 2.59. The third kappa shape index (κ3) is 1.76. The molecular formula is C17H21FO. The minimum atomic E-state index is -0.643. The van der Waals surface area contributed by atoms with Crippen molar-refractivity contribution in [2.75, 3.05) is 0 Å². The topological polar surface area (TPSA) is 20.2 Å². The van der Waals surface area contributed by atoms with E-state index in [2.05, 4.69) is 0 Å². The maximum absolute atomic E-state index is 13.9. The van der Waals surface area contributed by atoms with Crippen molar-refractivity contribution >= 4 is 0 Å². The molecule has 2 heteroatoms. The van der Waals surface area contributed by atoms with Crippen molar-refractivity contribution in [1.82, 2.24) is 0 Å². The molecule has 0 aliphatic heterocycles. The number of hydrogen-bond donors (Lipinski definition) is 1. The Morgan fingerprint density at radius 3 is 2.16 bits per heavy atom. The minimum Gasteiger partial charge on any atom is -0.389 e. The first-order valence-electron chi connectivity index (χ1n) is 7.61. The molecule has 0 aromatic heterocycles. The molecule has 4 saturated carbocycles. The Hall–Kier alpha value is -0.890. The van der Waals surface area contributed by atoms with Crippen LogP contribution >= 0.6 is 0 Å². The summed E-state index contributed by atoms with van der Waals surface area (Å²) in [5.74, 6) is 2.32. The summed E-state index contributed by atoms with van der Waals surface area (Å²) in [4.78, 5) is 0. The summed E-state index contributed by atoms with van der Waals surface area (Å²) in [7, 11) is 0. The van der Waals surface area contributed by atoms with Gasteiger partial charge < -0.3 is 5.11 Å². The van der Waals surface area contributed by atoms with Crippen LogP contribution in [0.5, 0.6) is 0 Å². The Morgan fingerprint density at radius 2 is 1.58 bits per heavy atom. The standard InChI is InChI=1S/C17H21FO/c18-16-4-2-1-3-13(16)10-17(19)14-6-11-5-12(8-14)9-15(17)7-11/h1-4,11-12,14-15,19H,5-10H2. The van der Waals surface area contributed by atoms with E-state index in [0.717, 1.165) is 37.5 Å². The largest absolute Gasteiger partial charge is 0.389 e. The molecule has 0 atom stereocenters. The van der Waals surface area contributed by atoms with Crippen LogP contribution in [0.4, 0.5) is 4.39 Å². The SMILES string of the molecule is OC1(Cc2ccccc2F)C2CC3CC(C2)CC1C3. The quantitative estimate of drug-likeness (QED) is 0.862. The lowest BCUT2D eigenvalue weighted by molar-refractivity contribution is -0.172. The van der Waals surface area contributed by atoms with E-state index in [-0.39, 0.29) is 5.82 Å². The van der Waals surface area contributed by atoms with Crippen molar-refractivity contribution in [2.45, 2.75) is 44.1 Å². The van der Waals surface area contributed by atoms with Crippen molar-refractivity contribution in [1.29, 1.82) is 0 Å². The third-order valence-corrected chi connectivity index (χ3v) is 5.98. The fourth-order valence-corrected chi connectivity index (χ4v) is 5.24. The molecule has 4 bridgehead atoms. The van der Waals surface area contributed by atoms with Gasteiger partial charge in [-0.3, -0.25) is 0 Å². The van der Waals surface area contributed by atoms with E-state index in [9.17, 15) is 9.50 Å². The molecule has 1 nitrogen and oxygen atoms in total. The van der Waals surface area contributed by atoms with Crippen LogP contribution in [-0.2, 0) is 6.42 Å². The van der Waals surface area contributed by atoms with Crippen LogP contribution in [0.3, 0.4) is 0 Å². The summed E-state index contributed by atoms with van der Waals surface area (Å²) in [6.07, 6.45) is 6.54. The first-order valence-corrected chi connectivity index (χ1v) is 7.61. The van der Waals surface area contributed by atoms with Crippen molar-refractivity contribution in [2.24, 2.45) is 23.7 Å². The lowest BCUT2D eigenvalue weighted by atomic mass is 9.49. The van der Waals surface area contributed by atoms with Crippen LogP contribution < -0.4 is 0 Å². The second kappa shape index (κ2) is 4.05. The maximum Gasteiger partial charge on any atom is 0.126 e. The first-order chi connectivity index (χ1) is 9.15. The maximum atomic E-state index is 13.9. The molecule has 0 saturated heterocycles. The summed E-state index contributed by atoms with van der Waals surface area (Å²) in [6, 6.07) is 6.94. The average Bonchev–Trinajstić information content (AvgIpc) is 2.38. The number of hydrogen-bond acceptors (Lipinski definition) is 1. The Bertz CT molecular complexity index is 468. The Labute approximate surface area is 113 Å². The van der Waals surface area contributed by atoms with Gasteiger partial charge in [0.15, 0.2) is 0 Å². The van der Waals surface area contributed by atoms with E-state index in [0.29, 0.717) is 23.8 Å². The van der Waals surface area contributed by atoms with Crippen LogP contribution in [-0.4, -0.2) is 10.7 Å². The summed E-state index contributed by atoms with van der Waals surface area (Å²) in [5.41, 5.74) is 0.0489. The smallest absolute Gasteiger partial charge is 0.126 e. The van der Waals surface area contributed by atoms with Gasteiger partial charge in [0.2, 0.25) is 0 Å². The van der Waals surface area contributed by atoms with E-state index in [1.54, 1.807) is 6.07 Å². The normalized spacial score (nSPS) is 43.7. The predicted molar refractivity (Wildman–Crippen MR) is 72.1 cm³/mol. The van der Waals surface area contributed by atoms with Gasteiger partial charge in [-0.1, -0.05) is 18.2 Å². The zero-order valence-corrected chi connectivity index (χ0v) is 11.2. The van der Waals surface area contributed by atoms with Gasteiger partial charge in [0.25, 0.3) is 0 Å². The molecule has 1 aromatic carbocycles. The Morgan fingerprint density at radius 1 is 1.00 bits per heavy atom. The summed E-state index contributed by atoms with van der Waals surface area (Å²) >= 11 is 0. The molecule has 19 heavy (non-hydrogen) atoms. The van der Waals surface area contributed by atoms with Crippen LogP contribution in [0.1, 0.15) is 37.7 Å². The highest BCUT2D eigenvalue weighted by atomic mass is 19.1. The molecule has 0 spiro atoms. The number of rotatable bonds is 2. The van der Waals surface area contributed by atoms with Gasteiger partial charge in [0.05, 0.1) is 5.60 Å². The van der Waals surface area contributed by atoms with Gasteiger partial charge in [0.1, 0.15) is 5.82 Å². The zero-order chi connectivity index (χ0) is 13.0. The average molecular weight is 260 g/mol. The molecule has 1 aromatic rings. The second-order valence-electron chi connectivity index (χ2n) is 7.06. The molecule has 4 fully saturated rings. The molecule has 0 amide bonds. The zero-order valence-electron chi connectivity index (χ0n) is 11.2. The van der Waals surface area contributed by atoms with Crippen LogP contribution in [0.15, 0.2) is 24.3 Å². The van der Waals surface area contributed by atoms with Gasteiger partial charge in [-0.25, -0.2) is 4.39 Å². The molecule has 102 valence electrons. The molecule has 0 heterocycles. The fourth-order valence-electron chi connectivity index (χ4n) is 5.24. The molecule has 5 rings (SSSR count). The van der Waals surface area contributed by atoms with Crippen LogP contribution in [0.25, 0.3) is 0 Å². The van der Waals surface area contributed by atoms with Crippen LogP contribution in [0.2, 0.25) is 0 Å². The number of halogens is 1. The van der Waals surface area contributed by atoms with Gasteiger partial charge in [-0.2, -0.15) is 0 Å². The highest BCUT2D eigenvalue weighted by Gasteiger charge is 2.56. The van der Waals surface area contributed by atoms with Gasteiger partial charge in [-0.15, -0.1) is 0 Å². The molecular weight excluding hydrogens is 239 g/mol. The molecule has 1 N–H and O–H groups in total. The summed E-state index contributed by atoms with van der Waals surface area (Å²) < 4.78 is 13.9. The summed E-state index contributed by atoms with van der Waals surface area (Å²) in [6.45, 7) is 0. The summed E-state index contributed by atoms with van der Waals surface area (Å²) in [5, 5.41) is 11.2. The fraction of sp³-hybridized carbons (Fsp3) is 0.647. The van der Waals surface area contributed by atoms with E-state index in [4.69, 9.17) is 0 Å². The van der Waals surface area contributed by atoms with Crippen molar-refractivity contribution in [3.63, 3.8) is 0 Å². The van der Waals surface area contributed by atoms with Gasteiger partial charge in [0, 0.05) is 6.42 Å². The van der Waals surface area contributed by atoms with E-state index >= 15 is 0 Å². The van der Waals surface area contributed by atoms with Gasteiger partial charge >= 0.3 is 0 Å². The molecule has 0 unspecified atom stereocenters. The lowest BCUT2D eigenvalue weighted by Gasteiger charge is -2.59. The molecule has 4 aliphatic rings. The first kappa shape index (κ1) is 11.9. The van der Waals surface area contributed by atoms with Crippen LogP contribution in [0, 0.1) is 29.5 Å². The molecule has 4 aliphatic carbocycles. The van der Waals surface area contributed by atoms with Crippen molar-refractivity contribution < 1.29 is 9.50 Å².